The van der Waals surface area contributed by atoms with Crippen molar-refractivity contribution in [1.82, 2.24) is 10.4 Å². The van der Waals surface area contributed by atoms with Crippen LogP contribution >= 0.6 is 0 Å². The molecule has 1 aromatic carbocycles. The second kappa shape index (κ2) is 12.1. The lowest BCUT2D eigenvalue weighted by Crippen LogP contribution is -2.50. The number of amides is 3. The Hall–Kier alpha value is -2.41. The summed E-state index contributed by atoms with van der Waals surface area (Å²) in [6.07, 6.45) is 2.44. The van der Waals surface area contributed by atoms with Crippen LogP contribution in [0.25, 0.3) is 0 Å². The van der Waals surface area contributed by atoms with Crippen molar-refractivity contribution in [1.29, 1.82) is 0 Å². The zero-order chi connectivity index (χ0) is 21.1. The molecule has 28 heavy (non-hydrogen) atoms. The van der Waals surface area contributed by atoms with Crippen LogP contribution in [0.15, 0.2) is 30.3 Å². The van der Waals surface area contributed by atoms with E-state index in [9.17, 15) is 14.4 Å². The molecule has 4 N–H and O–H groups in total. The Kier molecular flexibility index (Phi) is 10.2. The third-order valence-electron chi connectivity index (χ3n) is 4.68. The lowest BCUT2D eigenvalue weighted by Gasteiger charge is -2.33. The Balaban J connectivity index is 3.21. The fourth-order valence-corrected chi connectivity index (χ4v) is 3.32. The normalized spacial score (nSPS) is 13.0. The molecule has 0 spiro atoms. The Morgan fingerprint density at radius 1 is 1.18 bits per heavy atom. The zero-order valence-electron chi connectivity index (χ0n) is 17.1. The van der Waals surface area contributed by atoms with E-state index in [2.05, 4.69) is 0 Å². The number of nitrogens with two attached hydrogens (primary N) is 1. The van der Waals surface area contributed by atoms with Gasteiger partial charge in [0.1, 0.15) is 6.04 Å². The van der Waals surface area contributed by atoms with Crippen molar-refractivity contribution in [2.45, 2.75) is 65.5 Å². The third-order valence-corrected chi connectivity index (χ3v) is 4.68. The minimum Gasteiger partial charge on any atom is -0.368 e. The van der Waals surface area contributed by atoms with E-state index < -0.39 is 23.8 Å². The summed E-state index contributed by atoms with van der Waals surface area (Å²) < 4.78 is 0. The summed E-state index contributed by atoms with van der Waals surface area (Å²) in [6, 6.07) is 8.65. The predicted octanol–water partition coefficient (Wildman–Crippen LogP) is 2.62. The number of carbonyl (C=O) groups is 3. The average Bonchev–Trinajstić information content (AvgIpc) is 2.66. The van der Waals surface area contributed by atoms with Crippen molar-refractivity contribution >= 4 is 17.7 Å². The highest BCUT2D eigenvalue weighted by molar-refractivity contribution is 5.90. The molecule has 2 atom stereocenters. The van der Waals surface area contributed by atoms with E-state index in [1.54, 1.807) is 5.48 Å². The van der Waals surface area contributed by atoms with Gasteiger partial charge in [0.25, 0.3) is 0 Å². The van der Waals surface area contributed by atoms with Gasteiger partial charge in [0.2, 0.25) is 17.7 Å². The van der Waals surface area contributed by atoms with Crippen molar-refractivity contribution < 1.29 is 19.6 Å². The van der Waals surface area contributed by atoms with Gasteiger partial charge < -0.3 is 10.6 Å². The maximum atomic E-state index is 13.4. The van der Waals surface area contributed by atoms with E-state index in [1.165, 1.54) is 4.90 Å². The second-order valence-electron chi connectivity index (χ2n) is 7.58. The molecule has 0 aliphatic rings. The van der Waals surface area contributed by atoms with Crippen LogP contribution in [0, 0.1) is 11.8 Å². The van der Waals surface area contributed by atoms with Gasteiger partial charge in [-0.15, -0.1) is 0 Å². The number of carbonyl (C=O) groups excluding carboxylic acids is 3. The Morgan fingerprint density at radius 2 is 1.82 bits per heavy atom. The number of nitrogens with zero attached hydrogens (tertiary/aromatic N) is 1. The van der Waals surface area contributed by atoms with Crippen molar-refractivity contribution in [3.63, 3.8) is 0 Å². The van der Waals surface area contributed by atoms with Crippen LogP contribution < -0.4 is 11.2 Å². The summed E-state index contributed by atoms with van der Waals surface area (Å²) in [5.74, 6) is -1.93. The second-order valence-corrected chi connectivity index (χ2v) is 7.58. The number of hydroxylamine groups is 1. The van der Waals surface area contributed by atoms with Crippen LogP contribution in [0.5, 0.6) is 0 Å². The highest BCUT2D eigenvalue weighted by atomic mass is 16.5. The molecule has 0 radical (unpaired) electrons. The molecule has 0 aliphatic heterocycles. The maximum Gasteiger partial charge on any atom is 0.244 e. The summed E-state index contributed by atoms with van der Waals surface area (Å²) in [6.45, 7) is 6.17. The molecule has 1 unspecified atom stereocenters. The molecule has 0 bridgehead atoms. The number of nitrogens with one attached hydrogen (secondary N) is 1. The van der Waals surface area contributed by atoms with Crippen molar-refractivity contribution in [3.05, 3.63) is 35.9 Å². The van der Waals surface area contributed by atoms with Gasteiger partial charge in [-0.25, -0.2) is 5.48 Å². The molecule has 7 heteroatoms. The van der Waals surface area contributed by atoms with Crippen LogP contribution in [-0.4, -0.2) is 33.9 Å². The van der Waals surface area contributed by atoms with Gasteiger partial charge in [0.05, 0.1) is 0 Å². The fraction of sp³-hybridized carbons (Fsp3) is 0.571. The van der Waals surface area contributed by atoms with E-state index >= 15 is 0 Å². The Labute approximate surface area is 167 Å². The molecule has 1 aromatic rings. The Morgan fingerprint density at radius 3 is 2.32 bits per heavy atom. The van der Waals surface area contributed by atoms with Gasteiger partial charge in [0, 0.05) is 18.9 Å². The summed E-state index contributed by atoms with van der Waals surface area (Å²) in [5.41, 5.74) is 8.13. The minimum atomic E-state index is -0.737. The molecule has 7 nitrogen and oxygen atoms in total. The first kappa shape index (κ1) is 23.6. The summed E-state index contributed by atoms with van der Waals surface area (Å²) in [4.78, 5) is 38.8. The highest BCUT2D eigenvalue weighted by Gasteiger charge is 2.33. The molecule has 0 heterocycles. The fourth-order valence-electron chi connectivity index (χ4n) is 3.32. The van der Waals surface area contributed by atoms with Gasteiger partial charge in [0.15, 0.2) is 0 Å². The molecule has 0 saturated heterocycles. The molecular weight excluding hydrogens is 358 g/mol. The number of rotatable bonds is 12. The number of hydrogen-bond acceptors (Lipinski definition) is 4. The molecule has 0 aliphatic carbocycles. The molecule has 1 rings (SSSR count). The van der Waals surface area contributed by atoms with Crippen LogP contribution in [-0.2, 0) is 20.9 Å². The summed E-state index contributed by atoms with van der Waals surface area (Å²) in [7, 11) is 0. The minimum absolute atomic E-state index is 0.141. The summed E-state index contributed by atoms with van der Waals surface area (Å²) in [5, 5.41) is 8.89. The van der Waals surface area contributed by atoms with Crippen LogP contribution in [0.2, 0.25) is 0 Å². The smallest absolute Gasteiger partial charge is 0.244 e. The highest BCUT2D eigenvalue weighted by Crippen LogP contribution is 2.23. The number of benzene rings is 1. The zero-order valence-corrected chi connectivity index (χ0v) is 17.1. The largest absolute Gasteiger partial charge is 0.368 e. The first-order valence-corrected chi connectivity index (χ1v) is 9.86. The topological polar surface area (TPSA) is 113 Å². The molecule has 0 fully saturated rings. The maximum absolute atomic E-state index is 13.4. The lowest BCUT2D eigenvalue weighted by molar-refractivity contribution is -0.146. The number of primary amides is 1. The number of unbranched alkanes of at least 4 members (excludes halogenated alkanes) is 1. The van der Waals surface area contributed by atoms with Gasteiger partial charge >= 0.3 is 0 Å². The van der Waals surface area contributed by atoms with Crippen molar-refractivity contribution in [3.8, 4) is 0 Å². The van der Waals surface area contributed by atoms with E-state index in [4.69, 9.17) is 10.9 Å². The molecular formula is C21H33N3O4. The first-order valence-electron chi connectivity index (χ1n) is 9.86. The molecule has 0 aromatic heterocycles. The molecule has 156 valence electrons. The van der Waals surface area contributed by atoms with E-state index in [1.807, 2.05) is 51.1 Å². The molecule has 3 amide bonds. The van der Waals surface area contributed by atoms with E-state index in [-0.39, 0.29) is 24.8 Å². The standard InChI is InChI=1S/C21H33N3O4/c1-4-5-11-18(20(22)26)24(14-16-9-7-6-8-10-16)21(27)17(12-15(2)3)13-19(25)23-28/h6-10,15,17-18,28H,4-5,11-14H2,1-3H3,(H2,22,26)(H,23,25)/t17?,18-/m0/s1. The quantitative estimate of drug-likeness (QED) is 0.375. The molecule has 0 saturated carbocycles. The van der Waals surface area contributed by atoms with Gasteiger partial charge in [-0.3, -0.25) is 19.6 Å². The van der Waals surface area contributed by atoms with Crippen molar-refractivity contribution in [2.75, 3.05) is 0 Å². The van der Waals surface area contributed by atoms with Gasteiger partial charge in [-0.2, -0.15) is 0 Å². The number of hydrogen-bond donors (Lipinski definition) is 3. The van der Waals surface area contributed by atoms with E-state index in [0.29, 0.717) is 12.8 Å². The van der Waals surface area contributed by atoms with Crippen molar-refractivity contribution in [2.24, 2.45) is 17.6 Å². The van der Waals surface area contributed by atoms with Gasteiger partial charge in [-0.05, 0) is 24.3 Å². The Bertz CT molecular complexity index is 634. The first-order chi connectivity index (χ1) is 13.3. The van der Waals surface area contributed by atoms with Crippen LogP contribution in [0.4, 0.5) is 0 Å². The van der Waals surface area contributed by atoms with Crippen LogP contribution in [0.1, 0.15) is 58.4 Å². The lowest BCUT2D eigenvalue weighted by atomic mass is 9.91. The predicted molar refractivity (Wildman–Crippen MR) is 107 cm³/mol. The average molecular weight is 392 g/mol. The third kappa shape index (κ3) is 7.68. The SMILES string of the molecule is CCCC[C@@H](C(N)=O)N(Cc1ccccc1)C(=O)C(CC(=O)NO)CC(C)C. The van der Waals surface area contributed by atoms with Crippen LogP contribution in [0.3, 0.4) is 0 Å². The van der Waals surface area contributed by atoms with E-state index in [0.717, 1.165) is 18.4 Å². The monoisotopic (exact) mass is 391 g/mol. The van der Waals surface area contributed by atoms with Gasteiger partial charge in [-0.1, -0.05) is 63.9 Å². The summed E-state index contributed by atoms with van der Waals surface area (Å²) >= 11 is 0.